The molecule has 2 aromatic rings. The van der Waals surface area contributed by atoms with Crippen molar-refractivity contribution in [3.8, 4) is 11.5 Å². The van der Waals surface area contributed by atoms with Crippen molar-refractivity contribution >= 4 is 46.7 Å². The van der Waals surface area contributed by atoms with Crippen molar-refractivity contribution in [2.75, 3.05) is 25.6 Å². The lowest BCUT2D eigenvalue weighted by atomic mass is 10.2. The van der Waals surface area contributed by atoms with E-state index < -0.39 is 0 Å². The molecule has 1 aromatic heterocycles. The summed E-state index contributed by atoms with van der Waals surface area (Å²) < 4.78 is 10.6. The van der Waals surface area contributed by atoms with Crippen LogP contribution in [0.2, 0.25) is 0 Å². The number of carbonyl (C=O) groups excluding carboxylic acids is 3. The van der Waals surface area contributed by atoms with Crippen molar-refractivity contribution in [3.05, 3.63) is 58.8 Å². The SMILES string of the molecule is O=C(CCSCc1ccccn1)NCCN1C(=O)S/C(=C/c2ccc3c(c2)OCO3)C1=O. The molecule has 2 aliphatic rings. The highest BCUT2D eigenvalue weighted by atomic mass is 32.2. The summed E-state index contributed by atoms with van der Waals surface area (Å²) in [4.78, 5) is 42.6. The molecule has 0 unspecified atom stereocenters. The van der Waals surface area contributed by atoms with Crippen molar-refractivity contribution in [1.29, 1.82) is 0 Å². The van der Waals surface area contributed by atoms with E-state index in [1.165, 1.54) is 0 Å². The van der Waals surface area contributed by atoms with Gasteiger partial charge < -0.3 is 14.8 Å². The average Bonchev–Trinajstić information content (AvgIpc) is 3.37. The van der Waals surface area contributed by atoms with Crippen LogP contribution in [0.5, 0.6) is 11.5 Å². The van der Waals surface area contributed by atoms with Crippen LogP contribution in [0.15, 0.2) is 47.5 Å². The van der Waals surface area contributed by atoms with Crippen LogP contribution in [0.1, 0.15) is 17.7 Å². The lowest BCUT2D eigenvalue weighted by Crippen LogP contribution is -2.37. The summed E-state index contributed by atoms with van der Waals surface area (Å²) in [5.74, 6) is 2.21. The number of hydrogen-bond donors (Lipinski definition) is 1. The molecule has 0 aliphatic carbocycles. The summed E-state index contributed by atoms with van der Waals surface area (Å²) in [6.07, 6.45) is 3.77. The molecule has 0 atom stereocenters. The highest BCUT2D eigenvalue weighted by Gasteiger charge is 2.34. The van der Waals surface area contributed by atoms with Crippen LogP contribution in [-0.2, 0) is 15.3 Å². The maximum absolute atomic E-state index is 12.6. The monoisotopic (exact) mass is 471 g/mol. The van der Waals surface area contributed by atoms with Crippen molar-refractivity contribution in [1.82, 2.24) is 15.2 Å². The van der Waals surface area contributed by atoms with E-state index in [0.29, 0.717) is 28.6 Å². The maximum Gasteiger partial charge on any atom is 0.293 e. The number of ether oxygens (including phenoxy) is 2. The van der Waals surface area contributed by atoms with E-state index >= 15 is 0 Å². The summed E-state index contributed by atoms with van der Waals surface area (Å²) in [5, 5.41) is 2.42. The number of benzene rings is 1. The molecule has 3 amide bonds. The van der Waals surface area contributed by atoms with Crippen LogP contribution in [0.4, 0.5) is 4.79 Å². The second-order valence-corrected chi connectivity index (χ2v) is 9.02. The van der Waals surface area contributed by atoms with Gasteiger partial charge in [-0.05, 0) is 47.7 Å². The van der Waals surface area contributed by atoms with Crippen LogP contribution in [0.25, 0.3) is 6.08 Å². The molecule has 0 radical (unpaired) electrons. The molecule has 0 saturated carbocycles. The van der Waals surface area contributed by atoms with Gasteiger partial charge in [0.05, 0.1) is 10.6 Å². The number of nitrogens with one attached hydrogen (secondary N) is 1. The first-order chi connectivity index (χ1) is 15.6. The first-order valence-electron chi connectivity index (χ1n) is 9.99. The van der Waals surface area contributed by atoms with Crippen molar-refractivity contribution in [2.45, 2.75) is 12.2 Å². The zero-order valence-corrected chi connectivity index (χ0v) is 18.7. The van der Waals surface area contributed by atoms with Gasteiger partial charge in [0.15, 0.2) is 11.5 Å². The number of hydrogen-bond acceptors (Lipinski definition) is 8. The predicted molar refractivity (Wildman–Crippen MR) is 123 cm³/mol. The highest BCUT2D eigenvalue weighted by Crippen LogP contribution is 2.36. The Hall–Kier alpha value is -2.98. The molecule has 8 nitrogen and oxygen atoms in total. The van der Waals surface area contributed by atoms with Gasteiger partial charge in [-0.15, -0.1) is 0 Å². The third-order valence-corrected chi connectivity index (χ3v) is 6.58. The zero-order valence-electron chi connectivity index (χ0n) is 17.1. The highest BCUT2D eigenvalue weighted by molar-refractivity contribution is 8.18. The van der Waals surface area contributed by atoms with Gasteiger partial charge in [-0.3, -0.25) is 24.3 Å². The normalized spacial score (nSPS) is 16.1. The number of aromatic nitrogens is 1. The van der Waals surface area contributed by atoms with Crippen LogP contribution < -0.4 is 14.8 Å². The number of carbonyl (C=O) groups is 3. The van der Waals surface area contributed by atoms with Gasteiger partial charge in [-0.25, -0.2) is 0 Å². The number of amides is 3. The van der Waals surface area contributed by atoms with E-state index in [-0.39, 0.29) is 36.9 Å². The fraction of sp³-hybridized carbons (Fsp3) is 0.273. The number of pyridine rings is 1. The molecule has 1 aromatic carbocycles. The molecular weight excluding hydrogens is 450 g/mol. The number of rotatable bonds is 9. The molecule has 32 heavy (non-hydrogen) atoms. The summed E-state index contributed by atoms with van der Waals surface area (Å²) >= 11 is 2.52. The van der Waals surface area contributed by atoms with Gasteiger partial charge >= 0.3 is 0 Å². The maximum atomic E-state index is 12.6. The molecule has 1 saturated heterocycles. The number of thioether (sulfide) groups is 2. The Morgan fingerprint density at radius 1 is 1.22 bits per heavy atom. The molecule has 0 bridgehead atoms. The number of imide groups is 1. The second-order valence-electron chi connectivity index (χ2n) is 6.92. The van der Waals surface area contributed by atoms with Gasteiger partial charge in [-0.1, -0.05) is 12.1 Å². The third kappa shape index (κ3) is 5.63. The quantitative estimate of drug-likeness (QED) is 0.440. The lowest BCUT2D eigenvalue weighted by Gasteiger charge is -2.13. The number of nitrogens with zero attached hydrogens (tertiary/aromatic N) is 2. The Labute approximate surface area is 193 Å². The van der Waals surface area contributed by atoms with E-state index in [1.54, 1.807) is 42.2 Å². The van der Waals surface area contributed by atoms with Crippen molar-refractivity contribution in [2.24, 2.45) is 0 Å². The van der Waals surface area contributed by atoms with E-state index in [2.05, 4.69) is 10.3 Å². The van der Waals surface area contributed by atoms with Crippen LogP contribution in [0, 0.1) is 0 Å². The molecule has 3 heterocycles. The summed E-state index contributed by atoms with van der Waals surface area (Å²) in [7, 11) is 0. The molecule has 2 aliphatic heterocycles. The molecule has 166 valence electrons. The fourth-order valence-corrected chi connectivity index (χ4v) is 4.79. The third-order valence-electron chi connectivity index (χ3n) is 4.68. The zero-order chi connectivity index (χ0) is 22.3. The first kappa shape index (κ1) is 22.2. The minimum atomic E-state index is -0.363. The molecule has 1 fully saturated rings. The lowest BCUT2D eigenvalue weighted by molar-refractivity contribution is -0.124. The van der Waals surface area contributed by atoms with Crippen LogP contribution in [0.3, 0.4) is 0 Å². The Morgan fingerprint density at radius 2 is 2.09 bits per heavy atom. The van der Waals surface area contributed by atoms with Crippen LogP contribution >= 0.6 is 23.5 Å². The fourth-order valence-electron chi connectivity index (χ4n) is 3.07. The average molecular weight is 472 g/mol. The van der Waals surface area contributed by atoms with Gasteiger partial charge in [0.25, 0.3) is 11.1 Å². The topological polar surface area (TPSA) is 97.8 Å². The first-order valence-corrected chi connectivity index (χ1v) is 12.0. The second kappa shape index (κ2) is 10.6. The van der Waals surface area contributed by atoms with Gasteiger partial charge in [0.2, 0.25) is 12.7 Å². The molecule has 4 rings (SSSR count). The Balaban J connectivity index is 1.20. The minimum Gasteiger partial charge on any atom is -0.454 e. The molecular formula is C22H21N3O5S2. The van der Waals surface area contributed by atoms with Crippen molar-refractivity contribution < 1.29 is 23.9 Å². The van der Waals surface area contributed by atoms with E-state index in [4.69, 9.17) is 9.47 Å². The van der Waals surface area contributed by atoms with E-state index in [0.717, 1.165) is 33.7 Å². The van der Waals surface area contributed by atoms with E-state index in [9.17, 15) is 14.4 Å². The summed E-state index contributed by atoms with van der Waals surface area (Å²) in [6.45, 7) is 0.527. The van der Waals surface area contributed by atoms with E-state index in [1.807, 2.05) is 18.2 Å². The molecule has 1 N–H and O–H groups in total. The Morgan fingerprint density at radius 3 is 2.94 bits per heavy atom. The van der Waals surface area contributed by atoms with Crippen molar-refractivity contribution in [3.63, 3.8) is 0 Å². The summed E-state index contributed by atoms with van der Waals surface area (Å²) in [6, 6.07) is 11.1. The van der Waals surface area contributed by atoms with Crippen LogP contribution in [-0.4, -0.2) is 52.6 Å². The number of fused-ring (bicyclic) bond motifs is 1. The standard InChI is InChI=1S/C22H21N3O5S2/c26-20(6-10-31-13-16-3-1-2-7-23-16)24-8-9-25-21(27)19(32-22(25)28)12-15-4-5-17-18(11-15)30-14-29-17/h1-5,7,11-12H,6,8-10,13-14H2,(H,24,26)/b19-12+. The largest absolute Gasteiger partial charge is 0.454 e. The molecule has 0 spiro atoms. The van der Waals surface area contributed by atoms with Gasteiger partial charge in [0.1, 0.15) is 0 Å². The predicted octanol–water partition coefficient (Wildman–Crippen LogP) is 3.29. The molecule has 10 heteroatoms. The Bertz CT molecular complexity index is 1050. The summed E-state index contributed by atoms with van der Waals surface area (Å²) in [5.41, 5.74) is 1.72. The van der Waals surface area contributed by atoms with Gasteiger partial charge in [-0.2, -0.15) is 11.8 Å². The smallest absolute Gasteiger partial charge is 0.293 e. The Kier molecular flexibility index (Phi) is 7.33. The minimum absolute atomic E-state index is 0.110. The van der Waals surface area contributed by atoms with Gasteiger partial charge in [0, 0.05) is 37.2 Å².